The van der Waals surface area contributed by atoms with Crippen molar-refractivity contribution in [3.8, 4) is 0 Å². The van der Waals surface area contributed by atoms with E-state index in [0.29, 0.717) is 18.9 Å². The first-order chi connectivity index (χ1) is 13.1. The van der Waals surface area contributed by atoms with Crippen molar-refractivity contribution in [3.63, 3.8) is 0 Å². The monoisotopic (exact) mass is 376 g/mol. The molecule has 6 nitrogen and oxygen atoms in total. The lowest BCUT2D eigenvalue weighted by molar-refractivity contribution is -0.0284. The average Bonchev–Trinajstić information content (AvgIpc) is 2.64. The zero-order valence-electron chi connectivity index (χ0n) is 17.0. The molecule has 1 heterocycles. The first-order valence-corrected chi connectivity index (χ1v) is 10.1. The number of nitrogens with zero attached hydrogens (tertiary/aromatic N) is 2. The Hall–Kier alpha value is -1.63. The Balaban J connectivity index is 1.78. The van der Waals surface area contributed by atoms with Crippen LogP contribution in [0.1, 0.15) is 26.3 Å². The molecule has 1 aliphatic heterocycles. The molecule has 2 atom stereocenters. The summed E-state index contributed by atoms with van der Waals surface area (Å²) >= 11 is 0. The van der Waals surface area contributed by atoms with Crippen LogP contribution in [-0.4, -0.2) is 74.0 Å². The van der Waals surface area contributed by atoms with Crippen molar-refractivity contribution >= 4 is 5.96 Å². The Morgan fingerprint density at radius 2 is 2.07 bits per heavy atom. The first kappa shape index (κ1) is 21.7. The van der Waals surface area contributed by atoms with Gasteiger partial charge in [0.2, 0.25) is 0 Å². The average molecular weight is 377 g/mol. The Bertz CT molecular complexity index is 550. The molecule has 2 rings (SSSR count). The summed E-state index contributed by atoms with van der Waals surface area (Å²) in [5.41, 5.74) is 1.12. The van der Waals surface area contributed by atoms with E-state index in [0.717, 1.165) is 50.9 Å². The Kier molecular flexibility index (Phi) is 9.59. The molecule has 1 aromatic rings. The molecule has 152 valence electrons. The normalized spacial score (nSPS) is 19.9. The van der Waals surface area contributed by atoms with Crippen LogP contribution in [0.3, 0.4) is 0 Å². The zero-order valence-corrected chi connectivity index (χ0v) is 17.0. The van der Waals surface area contributed by atoms with Crippen molar-refractivity contribution in [3.05, 3.63) is 35.9 Å². The molecule has 0 aliphatic carbocycles. The fourth-order valence-electron chi connectivity index (χ4n) is 3.29. The summed E-state index contributed by atoms with van der Waals surface area (Å²) in [6.07, 6.45) is 0.283. The minimum Gasteiger partial charge on any atom is -0.391 e. The highest BCUT2D eigenvalue weighted by atomic mass is 16.5. The second kappa shape index (κ2) is 12.0. The molecule has 1 saturated heterocycles. The molecule has 0 amide bonds. The molecule has 0 saturated carbocycles. The molecule has 1 aliphatic rings. The number of aliphatic imine (C=N–C) groups is 1. The Morgan fingerprint density at radius 1 is 1.30 bits per heavy atom. The van der Waals surface area contributed by atoms with Crippen LogP contribution in [0, 0.1) is 5.92 Å². The van der Waals surface area contributed by atoms with Crippen molar-refractivity contribution in [1.29, 1.82) is 0 Å². The van der Waals surface area contributed by atoms with Gasteiger partial charge in [-0.3, -0.25) is 9.89 Å². The van der Waals surface area contributed by atoms with Crippen LogP contribution in [0.15, 0.2) is 35.3 Å². The lowest BCUT2D eigenvalue weighted by Crippen LogP contribution is -2.50. The molecule has 0 spiro atoms. The minimum atomic E-state index is -0.490. The number of nitrogens with one attached hydrogen (secondary N) is 2. The maximum Gasteiger partial charge on any atom is 0.191 e. The summed E-state index contributed by atoms with van der Waals surface area (Å²) in [5, 5.41) is 16.9. The van der Waals surface area contributed by atoms with Gasteiger partial charge in [0, 0.05) is 39.1 Å². The lowest BCUT2D eigenvalue weighted by atomic mass is 10.1. The second-order valence-corrected chi connectivity index (χ2v) is 7.59. The van der Waals surface area contributed by atoms with Crippen LogP contribution in [0.4, 0.5) is 0 Å². The smallest absolute Gasteiger partial charge is 0.191 e. The van der Waals surface area contributed by atoms with Crippen LogP contribution in [-0.2, 0) is 11.2 Å². The summed E-state index contributed by atoms with van der Waals surface area (Å²) in [4.78, 5) is 7.00. The molecule has 0 bridgehead atoms. The molecule has 0 radical (unpaired) electrons. The summed E-state index contributed by atoms with van der Waals surface area (Å²) in [5.74, 6) is 1.40. The van der Waals surface area contributed by atoms with Crippen LogP contribution < -0.4 is 10.6 Å². The number of ether oxygens (including phenoxy) is 1. The minimum absolute atomic E-state index is 0.163. The third-order valence-corrected chi connectivity index (χ3v) is 4.46. The zero-order chi connectivity index (χ0) is 19.5. The van der Waals surface area contributed by atoms with E-state index < -0.39 is 6.10 Å². The number of hydrogen-bond acceptors (Lipinski definition) is 4. The van der Waals surface area contributed by atoms with Gasteiger partial charge < -0.3 is 20.5 Å². The van der Waals surface area contributed by atoms with E-state index in [-0.39, 0.29) is 6.10 Å². The van der Waals surface area contributed by atoms with Gasteiger partial charge in [-0.15, -0.1) is 0 Å². The van der Waals surface area contributed by atoms with Gasteiger partial charge >= 0.3 is 0 Å². The van der Waals surface area contributed by atoms with E-state index in [2.05, 4.69) is 34.4 Å². The van der Waals surface area contributed by atoms with Crippen LogP contribution >= 0.6 is 0 Å². The predicted octanol–water partition coefficient (Wildman–Crippen LogP) is 1.50. The van der Waals surface area contributed by atoms with Crippen molar-refractivity contribution in [1.82, 2.24) is 15.5 Å². The number of rotatable bonds is 9. The number of benzene rings is 1. The number of morpholine rings is 1. The van der Waals surface area contributed by atoms with Gasteiger partial charge in [-0.1, -0.05) is 44.2 Å². The van der Waals surface area contributed by atoms with Crippen molar-refractivity contribution in [2.75, 3.05) is 45.9 Å². The molecule has 6 heteroatoms. The molecular weight excluding hydrogens is 340 g/mol. The van der Waals surface area contributed by atoms with Crippen molar-refractivity contribution in [2.45, 2.75) is 39.4 Å². The van der Waals surface area contributed by atoms with Crippen molar-refractivity contribution < 1.29 is 9.84 Å². The third-order valence-electron chi connectivity index (χ3n) is 4.46. The quantitative estimate of drug-likeness (QED) is 0.450. The molecule has 2 unspecified atom stereocenters. The lowest BCUT2D eigenvalue weighted by Gasteiger charge is -2.34. The summed E-state index contributed by atoms with van der Waals surface area (Å²) < 4.78 is 5.89. The molecule has 1 aromatic carbocycles. The van der Waals surface area contributed by atoms with Gasteiger partial charge in [0.1, 0.15) is 0 Å². The summed E-state index contributed by atoms with van der Waals surface area (Å²) in [7, 11) is 0. The number of aliphatic hydroxyl groups excluding tert-OH is 1. The van der Waals surface area contributed by atoms with Gasteiger partial charge in [-0.05, 0) is 18.4 Å². The van der Waals surface area contributed by atoms with E-state index in [1.165, 1.54) is 0 Å². The molecule has 0 aromatic heterocycles. The Labute approximate surface area is 164 Å². The SMILES string of the molecule is CCNC(=NCC(O)Cc1ccccc1)NCC1CN(CC(C)C)CCO1. The van der Waals surface area contributed by atoms with Gasteiger partial charge in [0.05, 0.1) is 25.4 Å². The van der Waals surface area contributed by atoms with E-state index in [1.54, 1.807) is 0 Å². The predicted molar refractivity (Wildman–Crippen MR) is 111 cm³/mol. The summed E-state index contributed by atoms with van der Waals surface area (Å²) in [6.45, 7) is 12.3. The van der Waals surface area contributed by atoms with E-state index in [9.17, 15) is 5.11 Å². The number of hydrogen-bond donors (Lipinski definition) is 3. The molecular formula is C21H36N4O2. The van der Waals surface area contributed by atoms with Crippen molar-refractivity contribution in [2.24, 2.45) is 10.9 Å². The molecule has 27 heavy (non-hydrogen) atoms. The maximum atomic E-state index is 10.3. The van der Waals surface area contributed by atoms with Crippen LogP contribution in [0.2, 0.25) is 0 Å². The topological polar surface area (TPSA) is 69.1 Å². The maximum absolute atomic E-state index is 10.3. The van der Waals surface area contributed by atoms with Gasteiger partial charge in [-0.25, -0.2) is 0 Å². The molecule has 1 fully saturated rings. The number of guanidine groups is 1. The highest BCUT2D eigenvalue weighted by molar-refractivity contribution is 5.79. The first-order valence-electron chi connectivity index (χ1n) is 10.1. The summed E-state index contributed by atoms with van der Waals surface area (Å²) in [6, 6.07) is 10.0. The third kappa shape index (κ3) is 8.73. The van der Waals surface area contributed by atoms with Gasteiger partial charge in [0.15, 0.2) is 5.96 Å². The van der Waals surface area contributed by atoms with E-state index in [4.69, 9.17) is 4.74 Å². The highest BCUT2D eigenvalue weighted by Crippen LogP contribution is 2.07. The fraction of sp³-hybridized carbons (Fsp3) is 0.667. The largest absolute Gasteiger partial charge is 0.391 e. The van der Waals surface area contributed by atoms with Crippen LogP contribution in [0.25, 0.3) is 0 Å². The van der Waals surface area contributed by atoms with E-state index >= 15 is 0 Å². The van der Waals surface area contributed by atoms with Crippen LogP contribution in [0.5, 0.6) is 0 Å². The molecule has 3 N–H and O–H groups in total. The van der Waals surface area contributed by atoms with E-state index in [1.807, 2.05) is 37.3 Å². The standard InChI is InChI=1S/C21H36N4O2/c1-4-22-21(23-13-19(26)12-18-8-6-5-7-9-18)24-14-20-16-25(10-11-27-20)15-17(2)3/h5-9,17,19-20,26H,4,10-16H2,1-3H3,(H2,22,23,24). The van der Waals surface area contributed by atoms with Gasteiger partial charge in [0.25, 0.3) is 0 Å². The van der Waals surface area contributed by atoms with Gasteiger partial charge in [-0.2, -0.15) is 0 Å². The second-order valence-electron chi connectivity index (χ2n) is 7.59. The Morgan fingerprint density at radius 3 is 2.78 bits per heavy atom. The highest BCUT2D eigenvalue weighted by Gasteiger charge is 2.21. The fourth-order valence-corrected chi connectivity index (χ4v) is 3.29. The number of aliphatic hydroxyl groups is 1.